The molecule has 2 aromatic carbocycles. The normalized spacial score (nSPS) is 13.4. The zero-order valence-electron chi connectivity index (χ0n) is 17.0. The van der Waals surface area contributed by atoms with Crippen molar-refractivity contribution in [3.8, 4) is 5.69 Å². The molecule has 3 aromatic rings. The van der Waals surface area contributed by atoms with Gasteiger partial charge in [-0.1, -0.05) is 12.1 Å². The van der Waals surface area contributed by atoms with Crippen LogP contribution in [0.5, 0.6) is 0 Å². The summed E-state index contributed by atoms with van der Waals surface area (Å²) in [7, 11) is -6.39. The van der Waals surface area contributed by atoms with Gasteiger partial charge in [-0.3, -0.25) is 0 Å². The third kappa shape index (κ3) is 5.76. The molecule has 11 heteroatoms. The minimum Gasteiger partial charge on any atom is -0.306 e. The van der Waals surface area contributed by atoms with Crippen molar-refractivity contribution in [1.29, 1.82) is 0 Å². The molecule has 0 radical (unpaired) electrons. The smallest absolute Gasteiger partial charge is 0.242 e. The summed E-state index contributed by atoms with van der Waals surface area (Å²) in [4.78, 5) is 3.88. The maximum absolute atomic E-state index is 13.0. The fraction of sp³-hybridized carbons (Fsp3) is 0.250. The Hall–Kier alpha value is -2.60. The number of nitrogens with one attached hydrogen (secondary N) is 1. The van der Waals surface area contributed by atoms with Crippen molar-refractivity contribution in [2.24, 2.45) is 0 Å². The molecule has 1 unspecified atom stereocenters. The molecule has 1 heterocycles. The number of nitrogens with zero attached hydrogens (tertiary/aromatic N) is 3. The Morgan fingerprint density at radius 2 is 1.71 bits per heavy atom. The molecule has 1 N–H and O–H groups in total. The van der Waals surface area contributed by atoms with Gasteiger partial charge in [0.05, 0.1) is 17.0 Å². The average Bonchev–Trinajstić information content (AvgIpc) is 3.27. The summed E-state index contributed by atoms with van der Waals surface area (Å²) in [5.41, 5.74) is 1.66. The summed E-state index contributed by atoms with van der Waals surface area (Å²) in [6.07, 6.45) is 5.13. The van der Waals surface area contributed by atoms with Gasteiger partial charge in [0.1, 0.15) is 5.82 Å². The summed E-state index contributed by atoms with van der Waals surface area (Å²) in [6.45, 7) is 1.46. The lowest BCUT2D eigenvalue weighted by molar-refractivity contribution is 0.482. The number of hydrogen-bond donors (Lipinski definition) is 1. The van der Waals surface area contributed by atoms with E-state index in [9.17, 15) is 21.2 Å². The molecule has 0 spiro atoms. The van der Waals surface area contributed by atoms with E-state index in [4.69, 9.17) is 0 Å². The minimum atomic E-state index is -3.92. The minimum absolute atomic E-state index is 0.104. The van der Waals surface area contributed by atoms with E-state index in [1.54, 1.807) is 25.6 Å². The molecule has 31 heavy (non-hydrogen) atoms. The van der Waals surface area contributed by atoms with Crippen molar-refractivity contribution in [2.45, 2.75) is 17.9 Å². The van der Waals surface area contributed by atoms with Gasteiger partial charge in [0, 0.05) is 37.7 Å². The Bertz CT molecular complexity index is 1210. The monoisotopic (exact) mass is 466 g/mol. The van der Waals surface area contributed by atoms with Gasteiger partial charge in [-0.2, -0.15) is 4.31 Å². The summed E-state index contributed by atoms with van der Waals surface area (Å²) < 4.78 is 68.4. The lowest BCUT2D eigenvalue weighted by atomic mass is 10.1. The lowest BCUT2D eigenvalue weighted by Crippen LogP contribution is -2.36. The van der Waals surface area contributed by atoms with Gasteiger partial charge in [0.15, 0.2) is 0 Å². The summed E-state index contributed by atoms with van der Waals surface area (Å²) in [5, 5.41) is 0. The van der Waals surface area contributed by atoms with E-state index < -0.39 is 37.7 Å². The highest BCUT2D eigenvalue weighted by Gasteiger charge is 2.24. The molecule has 0 aliphatic rings. The highest BCUT2D eigenvalue weighted by Crippen LogP contribution is 2.18. The SMILES string of the molecule is CC(NS(=O)(=O)CCN(C)S(=O)(=O)c1ccc(F)cc1)c1ccc(-n2ccnc2)cc1. The van der Waals surface area contributed by atoms with Crippen molar-refractivity contribution in [3.63, 3.8) is 0 Å². The number of sulfonamides is 2. The predicted molar refractivity (Wildman–Crippen MR) is 115 cm³/mol. The summed E-state index contributed by atoms with van der Waals surface area (Å²) in [6, 6.07) is 11.2. The van der Waals surface area contributed by atoms with Crippen molar-refractivity contribution >= 4 is 20.0 Å². The van der Waals surface area contributed by atoms with E-state index in [0.717, 1.165) is 39.8 Å². The van der Waals surface area contributed by atoms with E-state index in [1.165, 1.54) is 7.05 Å². The lowest BCUT2D eigenvalue weighted by Gasteiger charge is -2.19. The summed E-state index contributed by atoms with van der Waals surface area (Å²) in [5.74, 6) is -0.970. The Labute approximate surface area is 181 Å². The second-order valence-corrected chi connectivity index (χ2v) is 10.9. The van der Waals surface area contributed by atoms with Crippen LogP contribution >= 0.6 is 0 Å². The maximum Gasteiger partial charge on any atom is 0.242 e. The van der Waals surface area contributed by atoms with Gasteiger partial charge in [-0.15, -0.1) is 0 Å². The van der Waals surface area contributed by atoms with Crippen LogP contribution in [0, 0.1) is 5.82 Å². The first-order valence-electron chi connectivity index (χ1n) is 9.39. The first-order chi connectivity index (χ1) is 14.6. The van der Waals surface area contributed by atoms with Crippen LogP contribution in [0.3, 0.4) is 0 Å². The summed E-state index contributed by atoms with van der Waals surface area (Å²) >= 11 is 0. The molecule has 166 valence electrons. The Balaban J connectivity index is 1.61. The average molecular weight is 467 g/mol. The second-order valence-electron chi connectivity index (χ2n) is 7.00. The van der Waals surface area contributed by atoms with Crippen molar-refractivity contribution in [2.75, 3.05) is 19.3 Å². The van der Waals surface area contributed by atoms with Crippen molar-refractivity contribution in [1.82, 2.24) is 18.6 Å². The topological polar surface area (TPSA) is 101 Å². The molecule has 1 aromatic heterocycles. The van der Waals surface area contributed by atoms with Gasteiger partial charge < -0.3 is 4.57 Å². The van der Waals surface area contributed by atoms with Crippen LogP contribution < -0.4 is 4.72 Å². The van der Waals surface area contributed by atoms with Crippen LogP contribution in [0.25, 0.3) is 5.69 Å². The Kier molecular flexibility index (Phi) is 6.90. The molecule has 0 amide bonds. The maximum atomic E-state index is 13.0. The van der Waals surface area contributed by atoms with Crippen LogP contribution in [0.2, 0.25) is 0 Å². The van der Waals surface area contributed by atoms with Gasteiger partial charge in [0.25, 0.3) is 0 Å². The number of aromatic nitrogens is 2. The predicted octanol–water partition coefficient (Wildman–Crippen LogP) is 2.31. The number of hydrogen-bond acceptors (Lipinski definition) is 5. The third-order valence-corrected chi connectivity index (χ3v) is 8.05. The van der Waals surface area contributed by atoms with Gasteiger partial charge in [-0.05, 0) is 48.9 Å². The van der Waals surface area contributed by atoms with Gasteiger partial charge in [-0.25, -0.2) is 30.9 Å². The fourth-order valence-electron chi connectivity index (χ4n) is 2.90. The third-order valence-electron chi connectivity index (χ3n) is 4.75. The largest absolute Gasteiger partial charge is 0.306 e. The zero-order chi connectivity index (χ0) is 22.6. The van der Waals surface area contributed by atoms with Crippen LogP contribution in [0.15, 0.2) is 72.1 Å². The second kappa shape index (κ2) is 9.27. The molecular weight excluding hydrogens is 443 g/mol. The van der Waals surface area contributed by atoms with Crippen LogP contribution in [0.1, 0.15) is 18.5 Å². The molecule has 8 nitrogen and oxygen atoms in total. The molecule has 0 fully saturated rings. The van der Waals surface area contributed by atoms with Crippen LogP contribution in [-0.2, 0) is 20.0 Å². The first kappa shape index (κ1) is 23.1. The zero-order valence-corrected chi connectivity index (χ0v) is 18.6. The highest BCUT2D eigenvalue weighted by atomic mass is 32.2. The number of benzene rings is 2. The van der Waals surface area contributed by atoms with Crippen LogP contribution in [0.4, 0.5) is 4.39 Å². The highest BCUT2D eigenvalue weighted by molar-refractivity contribution is 7.90. The van der Waals surface area contributed by atoms with E-state index in [0.29, 0.717) is 0 Å². The fourth-order valence-corrected chi connectivity index (χ4v) is 5.49. The molecule has 0 saturated heterocycles. The van der Waals surface area contributed by atoms with Gasteiger partial charge >= 0.3 is 0 Å². The van der Waals surface area contributed by atoms with Crippen LogP contribution in [-0.4, -0.2) is 50.0 Å². The molecule has 0 saturated carbocycles. The molecule has 0 bridgehead atoms. The molecular formula is C20H23FN4O4S2. The molecule has 0 aliphatic carbocycles. The van der Waals surface area contributed by atoms with Gasteiger partial charge in [0.2, 0.25) is 20.0 Å². The van der Waals surface area contributed by atoms with E-state index in [1.807, 2.05) is 28.8 Å². The van der Waals surface area contributed by atoms with E-state index >= 15 is 0 Å². The number of imidazole rings is 1. The molecule has 1 atom stereocenters. The Morgan fingerprint density at radius 1 is 1.06 bits per heavy atom. The first-order valence-corrected chi connectivity index (χ1v) is 12.5. The Morgan fingerprint density at radius 3 is 2.29 bits per heavy atom. The standard InChI is InChI=1S/C20H23FN4O4S2/c1-16(17-3-7-19(8-4-17)25-12-11-22-15-25)23-30(26,27)14-13-24(2)31(28,29)20-9-5-18(21)6-10-20/h3-12,15-16,23H,13-14H2,1-2H3. The van der Waals surface area contributed by atoms with Crippen molar-refractivity contribution in [3.05, 3.63) is 78.6 Å². The van der Waals surface area contributed by atoms with Crippen molar-refractivity contribution < 1.29 is 21.2 Å². The number of rotatable bonds is 9. The quantitative estimate of drug-likeness (QED) is 0.522. The number of halogens is 1. The van der Waals surface area contributed by atoms with E-state index in [2.05, 4.69) is 9.71 Å². The van der Waals surface area contributed by atoms with E-state index in [-0.39, 0.29) is 11.4 Å². The molecule has 0 aliphatic heterocycles. The molecule has 3 rings (SSSR count).